The van der Waals surface area contributed by atoms with E-state index in [1.807, 2.05) is 42.6 Å². The van der Waals surface area contributed by atoms with Crippen molar-refractivity contribution >= 4 is 23.3 Å². The molecule has 1 aliphatic rings. The van der Waals surface area contributed by atoms with Crippen LogP contribution in [0.25, 0.3) is 5.69 Å². The van der Waals surface area contributed by atoms with Crippen LogP contribution in [0.5, 0.6) is 0 Å². The molecule has 29 heavy (non-hydrogen) atoms. The SMILES string of the molecule is CC1CCc2sc(C(=O)NNC(=O)NCc3ccc(-n4cccn4)cc3)cc2C1. The third kappa shape index (κ3) is 4.65. The lowest BCUT2D eigenvalue weighted by molar-refractivity contribution is 0.0940. The number of nitrogens with zero attached hydrogens (tertiary/aromatic N) is 2. The largest absolute Gasteiger partial charge is 0.333 e. The molecule has 0 saturated carbocycles. The van der Waals surface area contributed by atoms with E-state index in [4.69, 9.17) is 0 Å². The highest BCUT2D eigenvalue weighted by molar-refractivity contribution is 7.14. The highest BCUT2D eigenvalue weighted by Gasteiger charge is 2.20. The van der Waals surface area contributed by atoms with E-state index in [0.717, 1.165) is 30.5 Å². The van der Waals surface area contributed by atoms with E-state index in [1.165, 1.54) is 21.8 Å². The normalized spacial score (nSPS) is 15.4. The number of aryl methyl sites for hydroxylation is 1. The molecular weight excluding hydrogens is 386 g/mol. The van der Waals surface area contributed by atoms with Crippen molar-refractivity contribution in [3.8, 4) is 5.69 Å². The number of thiophene rings is 1. The molecule has 1 aromatic carbocycles. The number of hydrazine groups is 1. The van der Waals surface area contributed by atoms with E-state index in [9.17, 15) is 9.59 Å². The Morgan fingerprint density at radius 2 is 2.07 bits per heavy atom. The Kier molecular flexibility index (Phi) is 5.62. The van der Waals surface area contributed by atoms with Crippen LogP contribution in [0, 0.1) is 5.92 Å². The van der Waals surface area contributed by atoms with Gasteiger partial charge in [-0.3, -0.25) is 10.2 Å². The zero-order valence-corrected chi connectivity index (χ0v) is 17.0. The van der Waals surface area contributed by atoms with E-state index in [2.05, 4.69) is 28.2 Å². The maximum absolute atomic E-state index is 12.3. The summed E-state index contributed by atoms with van der Waals surface area (Å²) >= 11 is 1.52. The third-order valence-electron chi connectivity index (χ3n) is 5.00. The quantitative estimate of drug-likeness (QED) is 0.578. The number of fused-ring (bicyclic) bond motifs is 1. The summed E-state index contributed by atoms with van der Waals surface area (Å²) in [7, 11) is 0. The first kappa shape index (κ1) is 19.2. The minimum atomic E-state index is -0.454. The summed E-state index contributed by atoms with van der Waals surface area (Å²) in [5, 5.41) is 6.91. The van der Waals surface area contributed by atoms with Gasteiger partial charge in [0, 0.05) is 23.8 Å². The van der Waals surface area contributed by atoms with Gasteiger partial charge in [-0.2, -0.15) is 5.10 Å². The Morgan fingerprint density at radius 1 is 1.24 bits per heavy atom. The van der Waals surface area contributed by atoms with Crippen LogP contribution in [0.4, 0.5) is 4.79 Å². The molecule has 0 fully saturated rings. The molecule has 8 heteroatoms. The van der Waals surface area contributed by atoms with Gasteiger partial charge < -0.3 is 5.32 Å². The van der Waals surface area contributed by atoms with Crippen LogP contribution in [-0.4, -0.2) is 21.7 Å². The number of hydrogen-bond acceptors (Lipinski definition) is 4. The van der Waals surface area contributed by atoms with Gasteiger partial charge in [-0.1, -0.05) is 19.1 Å². The van der Waals surface area contributed by atoms with Crippen molar-refractivity contribution in [2.75, 3.05) is 0 Å². The molecule has 4 rings (SSSR count). The second-order valence-electron chi connectivity index (χ2n) is 7.29. The lowest BCUT2D eigenvalue weighted by Crippen LogP contribution is -2.46. The molecule has 0 saturated heterocycles. The summed E-state index contributed by atoms with van der Waals surface area (Å²) in [6.07, 6.45) is 6.81. The molecule has 1 aliphatic carbocycles. The Bertz CT molecular complexity index is 995. The number of benzene rings is 1. The Hall–Kier alpha value is -3.13. The summed E-state index contributed by atoms with van der Waals surface area (Å²) in [5.74, 6) is 0.376. The summed E-state index contributed by atoms with van der Waals surface area (Å²) in [6, 6.07) is 11.1. The van der Waals surface area contributed by atoms with Gasteiger partial charge in [0.2, 0.25) is 0 Å². The first-order valence-corrected chi connectivity index (χ1v) is 10.4. The molecule has 0 spiro atoms. The average molecular weight is 410 g/mol. The minimum absolute atomic E-state index is 0.282. The minimum Gasteiger partial charge on any atom is -0.333 e. The van der Waals surface area contributed by atoms with Gasteiger partial charge in [0.25, 0.3) is 5.91 Å². The molecule has 3 aromatic rings. The van der Waals surface area contributed by atoms with Crippen LogP contribution in [-0.2, 0) is 19.4 Å². The molecule has 0 aliphatic heterocycles. The number of urea groups is 1. The molecule has 0 radical (unpaired) electrons. The van der Waals surface area contributed by atoms with E-state index < -0.39 is 6.03 Å². The van der Waals surface area contributed by atoms with Gasteiger partial charge in [-0.25, -0.2) is 14.9 Å². The van der Waals surface area contributed by atoms with E-state index in [0.29, 0.717) is 17.3 Å². The fourth-order valence-corrected chi connectivity index (χ4v) is 4.51. The number of nitrogens with one attached hydrogen (secondary N) is 3. The first-order chi connectivity index (χ1) is 14.1. The van der Waals surface area contributed by atoms with E-state index in [-0.39, 0.29) is 5.91 Å². The van der Waals surface area contributed by atoms with Crippen molar-refractivity contribution in [1.29, 1.82) is 0 Å². The van der Waals surface area contributed by atoms with Crippen molar-refractivity contribution < 1.29 is 9.59 Å². The number of amides is 3. The molecule has 7 nitrogen and oxygen atoms in total. The van der Waals surface area contributed by atoms with Crippen molar-refractivity contribution in [1.82, 2.24) is 25.9 Å². The fraction of sp³-hybridized carbons (Fsp3) is 0.286. The van der Waals surface area contributed by atoms with Gasteiger partial charge in [0.05, 0.1) is 10.6 Å². The summed E-state index contributed by atoms with van der Waals surface area (Å²) in [5.41, 5.74) is 8.06. The number of hydrogen-bond donors (Lipinski definition) is 3. The molecule has 2 heterocycles. The van der Waals surface area contributed by atoms with Crippen LogP contribution < -0.4 is 16.2 Å². The monoisotopic (exact) mass is 409 g/mol. The van der Waals surface area contributed by atoms with Crippen molar-refractivity contribution in [2.24, 2.45) is 5.92 Å². The molecule has 3 amide bonds. The van der Waals surface area contributed by atoms with E-state index >= 15 is 0 Å². The highest BCUT2D eigenvalue weighted by atomic mass is 32.1. The Morgan fingerprint density at radius 3 is 2.83 bits per heavy atom. The molecule has 150 valence electrons. The van der Waals surface area contributed by atoms with Crippen LogP contribution >= 0.6 is 11.3 Å². The second kappa shape index (κ2) is 8.48. The van der Waals surface area contributed by atoms with Crippen LogP contribution in [0.3, 0.4) is 0 Å². The molecule has 1 atom stereocenters. The van der Waals surface area contributed by atoms with Crippen LogP contribution in [0.2, 0.25) is 0 Å². The van der Waals surface area contributed by atoms with Gasteiger partial charge >= 0.3 is 6.03 Å². The highest BCUT2D eigenvalue weighted by Crippen LogP contribution is 2.32. The standard InChI is InChI=1S/C21H23N5O2S/c1-14-3-8-18-16(11-14)12-19(29-18)20(27)24-25-21(28)22-13-15-4-6-17(7-5-15)26-10-2-9-23-26/h2,4-7,9-10,12,14H,3,8,11,13H2,1H3,(H,24,27)(H2,22,25,28). The Balaban J connectivity index is 1.24. The predicted molar refractivity (Wildman–Crippen MR) is 112 cm³/mol. The van der Waals surface area contributed by atoms with Crippen molar-refractivity contribution in [3.63, 3.8) is 0 Å². The molecule has 3 N–H and O–H groups in total. The molecular formula is C21H23N5O2S. The summed E-state index contributed by atoms with van der Waals surface area (Å²) < 4.78 is 1.77. The predicted octanol–water partition coefficient (Wildman–Crippen LogP) is 3.20. The first-order valence-electron chi connectivity index (χ1n) is 9.63. The van der Waals surface area contributed by atoms with Gasteiger partial charge in [0.1, 0.15) is 0 Å². The number of aromatic nitrogens is 2. The average Bonchev–Trinajstić information content (AvgIpc) is 3.40. The topological polar surface area (TPSA) is 88.0 Å². The zero-order valence-electron chi connectivity index (χ0n) is 16.1. The number of carbonyl (C=O) groups is 2. The zero-order chi connectivity index (χ0) is 20.2. The molecule has 1 unspecified atom stereocenters. The lowest BCUT2D eigenvalue weighted by atomic mass is 9.90. The number of carbonyl (C=O) groups excluding carboxylic acids is 2. The maximum Gasteiger partial charge on any atom is 0.333 e. The Labute approximate surface area is 173 Å². The van der Waals surface area contributed by atoms with Crippen LogP contribution in [0.1, 0.15) is 39.0 Å². The van der Waals surface area contributed by atoms with Crippen LogP contribution in [0.15, 0.2) is 48.8 Å². The fourth-order valence-electron chi connectivity index (χ4n) is 3.41. The third-order valence-corrected chi connectivity index (χ3v) is 6.24. The maximum atomic E-state index is 12.3. The van der Waals surface area contributed by atoms with Crippen molar-refractivity contribution in [3.05, 3.63) is 69.7 Å². The van der Waals surface area contributed by atoms with Gasteiger partial charge in [-0.05, 0) is 60.6 Å². The number of rotatable bonds is 4. The van der Waals surface area contributed by atoms with Crippen molar-refractivity contribution in [2.45, 2.75) is 32.7 Å². The smallest absolute Gasteiger partial charge is 0.333 e. The molecule has 0 bridgehead atoms. The summed E-state index contributed by atoms with van der Waals surface area (Å²) in [4.78, 5) is 26.2. The lowest BCUT2D eigenvalue weighted by Gasteiger charge is -2.16. The van der Waals surface area contributed by atoms with E-state index in [1.54, 1.807) is 10.9 Å². The van der Waals surface area contributed by atoms with Gasteiger partial charge in [0.15, 0.2) is 0 Å². The van der Waals surface area contributed by atoms with Gasteiger partial charge in [-0.15, -0.1) is 11.3 Å². The summed E-state index contributed by atoms with van der Waals surface area (Å²) in [6.45, 7) is 2.59. The molecule has 2 aromatic heterocycles. The second-order valence-corrected chi connectivity index (χ2v) is 8.42.